The number of esters is 1. The number of aliphatic hydroxyl groups excluding tert-OH is 3. The van der Waals surface area contributed by atoms with Gasteiger partial charge in [0.05, 0.1) is 19.8 Å². The van der Waals surface area contributed by atoms with E-state index in [1.165, 1.54) is 70.6 Å². The zero-order chi connectivity index (χ0) is 33.3. The number of aliphatic hydroxyl groups is 3. The van der Waals surface area contributed by atoms with Crippen LogP contribution in [0.25, 0.3) is 0 Å². The first-order valence-corrected chi connectivity index (χ1v) is 18.7. The molecule has 13 heteroatoms. The normalized spacial score (nSPS) is 22.8. The molecule has 6 atom stereocenters. The monoisotopic (exact) mass is 670 g/mol. The Kier molecular flexibility index (Phi) is 24.4. The molecule has 0 aliphatic carbocycles. The second kappa shape index (κ2) is 26.1. The van der Waals surface area contributed by atoms with Crippen molar-refractivity contribution in [3.63, 3.8) is 0 Å². The van der Waals surface area contributed by atoms with Crippen molar-refractivity contribution in [1.82, 2.24) is 0 Å². The molecule has 0 radical (unpaired) electrons. The maximum absolute atomic E-state index is 12.6. The predicted molar refractivity (Wildman–Crippen MR) is 170 cm³/mol. The zero-order valence-corrected chi connectivity index (χ0v) is 28.5. The number of carbonyl (C=O) groups is 1. The average molecular weight is 671 g/mol. The van der Waals surface area contributed by atoms with Crippen LogP contribution in [0.4, 0.5) is 0 Å². The van der Waals surface area contributed by atoms with Crippen molar-refractivity contribution in [3.05, 3.63) is 0 Å². The lowest BCUT2D eigenvalue weighted by Gasteiger charge is -2.41. The van der Waals surface area contributed by atoms with Gasteiger partial charge in [0.15, 0.2) is 6.29 Å². The third kappa shape index (κ3) is 20.8. The predicted octanol–water partition coefficient (Wildman–Crippen LogP) is 5.01. The summed E-state index contributed by atoms with van der Waals surface area (Å²) in [7, 11) is -5.04. The highest BCUT2D eigenvalue weighted by Crippen LogP contribution is 2.26. The Morgan fingerprint density at radius 1 is 0.756 bits per heavy atom. The smallest absolute Gasteiger partial charge is 0.397 e. The number of unbranched alkanes of at least 4 members (excludes halogenated alkanes) is 16. The number of carbonyl (C=O) groups excluding carboxylic acids is 1. The van der Waals surface area contributed by atoms with E-state index >= 15 is 0 Å². The molecule has 1 heterocycles. The van der Waals surface area contributed by atoms with Gasteiger partial charge in [0.1, 0.15) is 30.5 Å². The number of ether oxygens (including phenoxy) is 4. The summed E-state index contributed by atoms with van der Waals surface area (Å²) in [4.78, 5) is 12.6. The Labute approximate surface area is 271 Å². The lowest BCUT2D eigenvalue weighted by Crippen LogP contribution is -2.60. The molecule has 0 aromatic carbocycles. The molecule has 0 bridgehead atoms. The van der Waals surface area contributed by atoms with Gasteiger partial charge in [0, 0.05) is 13.0 Å². The fraction of sp³-hybridized carbons (Fsp3) is 0.969. The highest BCUT2D eigenvalue weighted by molar-refractivity contribution is 7.80. The van der Waals surface area contributed by atoms with Crippen LogP contribution in [0.2, 0.25) is 0 Å². The van der Waals surface area contributed by atoms with Crippen molar-refractivity contribution >= 4 is 16.4 Å². The minimum Gasteiger partial charge on any atom is -0.457 e. The molecule has 6 unspecified atom stereocenters. The molecule has 1 rings (SSSR count). The van der Waals surface area contributed by atoms with Gasteiger partial charge in [-0.1, -0.05) is 117 Å². The molecule has 45 heavy (non-hydrogen) atoms. The summed E-state index contributed by atoms with van der Waals surface area (Å²) in [5.74, 6) is -0.403. The van der Waals surface area contributed by atoms with Crippen molar-refractivity contribution in [1.29, 1.82) is 0 Å². The molecular weight excluding hydrogens is 608 g/mol. The first kappa shape index (κ1) is 42.1. The van der Waals surface area contributed by atoms with Crippen molar-refractivity contribution < 1.29 is 56.2 Å². The van der Waals surface area contributed by atoms with Crippen molar-refractivity contribution in [2.24, 2.45) is 0 Å². The Bertz CT molecular complexity index is 827. The summed E-state index contributed by atoms with van der Waals surface area (Å²) in [6, 6.07) is 0. The first-order valence-electron chi connectivity index (χ1n) is 17.3. The second-order valence-corrected chi connectivity index (χ2v) is 13.2. The third-order valence-corrected chi connectivity index (χ3v) is 8.44. The van der Waals surface area contributed by atoms with Crippen LogP contribution in [-0.4, -0.2) is 97.5 Å². The van der Waals surface area contributed by atoms with Gasteiger partial charge in [0.2, 0.25) is 0 Å². The zero-order valence-electron chi connectivity index (χ0n) is 27.7. The standard InChI is InChI=1S/C32H62O12S/c1-3-5-7-9-11-13-14-15-17-19-21-28(34)42-26(24-40-22-20-18-16-12-10-8-6-4-2)25-41-32-30(36)31(44-45(37,38)39)29(35)27(23-33)43-32/h26-27,29-33,35-36H,3-25H2,1-2H3,(H,37,38,39). The second-order valence-electron chi connectivity index (χ2n) is 12.1. The summed E-state index contributed by atoms with van der Waals surface area (Å²) >= 11 is 0. The summed E-state index contributed by atoms with van der Waals surface area (Å²) in [6.07, 6.45) is 11.7. The Balaban J connectivity index is 2.57. The van der Waals surface area contributed by atoms with E-state index in [0.29, 0.717) is 13.0 Å². The van der Waals surface area contributed by atoms with Crippen LogP contribution in [-0.2, 0) is 38.3 Å². The molecule has 1 aliphatic rings. The molecule has 1 saturated heterocycles. The van der Waals surface area contributed by atoms with Crippen LogP contribution < -0.4 is 0 Å². The molecule has 4 N–H and O–H groups in total. The van der Waals surface area contributed by atoms with Gasteiger partial charge in [-0.3, -0.25) is 9.35 Å². The van der Waals surface area contributed by atoms with E-state index in [4.69, 9.17) is 23.5 Å². The molecule has 268 valence electrons. The van der Waals surface area contributed by atoms with Gasteiger partial charge in [-0.05, 0) is 12.8 Å². The van der Waals surface area contributed by atoms with Crippen LogP contribution >= 0.6 is 0 Å². The Morgan fingerprint density at radius 3 is 1.78 bits per heavy atom. The van der Waals surface area contributed by atoms with Crippen LogP contribution in [0.5, 0.6) is 0 Å². The molecule has 0 aromatic rings. The maximum Gasteiger partial charge on any atom is 0.397 e. The van der Waals surface area contributed by atoms with E-state index in [2.05, 4.69) is 18.0 Å². The number of rotatable bonds is 29. The lowest BCUT2D eigenvalue weighted by molar-refractivity contribution is -0.301. The lowest BCUT2D eigenvalue weighted by atomic mass is 9.99. The fourth-order valence-corrected chi connectivity index (χ4v) is 5.83. The summed E-state index contributed by atoms with van der Waals surface area (Å²) in [5, 5.41) is 30.4. The SMILES string of the molecule is CCCCCCCCCCCCC(=O)OC(COCCCCCCCCCC)COC1OC(CO)C(O)C(OS(=O)(=O)O)C1O. The molecule has 0 spiro atoms. The van der Waals surface area contributed by atoms with E-state index in [0.717, 1.165) is 38.5 Å². The molecule has 1 fully saturated rings. The van der Waals surface area contributed by atoms with Crippen LogP contribution in [0.1, 0.15) is 136 Å². The highest BCUT2D eigenvalue weighted by atomic mass is 32.3. The average Bonchev–Trinajstić information content (AvgIpc) is 3.00. The van der Waals surface area contributed by atoms with Gasteiger partial charge in [-0.25, -0.2) is 4.18 Å². The van der Waals surface area contributed by atoms with Gasteiger partial charge < -0.3 is 34.3 Å². The summed E-state index contributed by atoms with van der Waals surface area (Å²) in [5.41, 5.74) is 0. The minimum atomic E-state index is -5.04. The van der Waals surface area contributed by atoms with E-state index in [9.17, 15) is 28.5 Å². The van der Waals surface area contributed by atoms with Crippen LogP contribution in [0.3, 0.4) is 0 Å². The minimum absolute atomic E-state index is 0.0418. The third-order valence-electron chi connectivity index (χ3n) is 7.98. The van der Waals surface area contributed by atoms with Crippen molar-refractivity contribution in [2.75, 3.05) is 26.4 Å². The molecule has 1 aliphatic heterocycles. The van der Waals surface area contributed by atoms with E-state index in [-0.39, 0.29) is 19.6 Å². The van der Waals surface area contributed by atoms with Gasteiger partial charge >= 0.3 is 16.4 Å². The Morgan fingerprint density at radius 2 is 1.27 bits per heavy atom. The van der Waals surface area contributed by atoms with Crippen molar-refractivity contribution in [2.45, 2.75) is 173 Å². The van der Waals surface area contributed by atoms with Gasteiger partial charge in [0.25, 0.3) is 0 Å². The molecule has 0 aromatic heterocycles. The quantitative estimate of drug-likeness (QED) is 0.0476. The van der Waals surface area contributed by atoms with Crippen LogP contribution in [0, 0.1) is 0 Å². The fourth-order valence-electron chi connectivity index (χ4n) is 5.32. The van der Waals surface area contributed by atoms with Crippen molar-refractivity contribution in [3.8, 4) is 0 Å². The summed E-state index contributed by atoms with van der Waals surface area (Å²) in [6.45, 7) is 3.92. The molecule has 12 nitrogen and oxygen atoms in total. The molecule has 0 amide bonds. The van der Waals surface area contributed by atoms with E-state index in [1.807, 2.05) is 0 Å². The van der Waals surface area contributed by atoms with E-state index in [1.54, 1.807) is 0 Å². The number of hydrogen-bond acceptors (Lipinski definition) is 11. The maximum atomic E-state index is 12.6. The first-order chi connectivity index (χ1) is 21.6. The van der Waals surface area contributed by atoms with Crippen LogP contribution in [0.15, 0.2) is 0 Å². The Hall–Kier alpha value is -0.900. The van der Waals surface area contributed by atoms with Gasteiger partial charge in [-0.15, -0.1) is 0 Å². The molecular formula is C32H62O12S. The van der Waals surface area contributed by atoms with E-state index < -0.39 is 59.8 Å². The van der Waals surface area contributed by atoms with Gasteiger partial charge in [-0.2, -0.15) is 8.42 Å². The topological polar surface area (TPSA) is 178 Å². The largest absolute Gasteiger partial charge is 0.457 e. The highest BCUT2D eigenvalue weighted by Gasteiger charge is 2.48. The molecule has 0 saturated carbocycles. The number of hydrogen-bond donors (Lipinski definition) is 4. The summed E-state index contributed by atoms with van der Waals surface area (Å²) < 4.78 is 58.4.